The lowest BCUT2D eigenvalue weighted by Crippen LogP contribution is -2.30. The standard InChI is InChI=1S/C20H25NO3/c1-4-5-6-16-7-9-17(10-8-16)21-20(22)15(2)24-19-13-11-18(23-3)12-14-19/h7-15H,4-6H2,1-3H3,(H,21,22)/t15-/m0/s1. The van der Waals surface area contributed by atoms with Gasteiger partial charge in [0.25, 0.3) is 5.91 Å². The Hall–Kier alpha value is -2.49. The Morgan fingerprint density at radius 2 is 1.67 bits per heavy atom. The highest BCUT2D eigenvalue weighted by atomic mass is 16.5. The van der Waals surface area contributed by atoms with E-state index in [1.807, 2.05) is 12.1 Å². The van der Waals surface area contributed by atoms with Crippen LogP contribution in [0.5, 0.6) is 11.5 Å². The van der Waals surface area contributed by atoms with E-state index in [2.05, 4.69) is 24.4 Å². The minimum atomic E-state index is -0.585. The number of carbonyl (C=O) groups excluding carboxylic acids is 1. The van der Waals surface area contributed by atoms with E-state index >= 15 is 0 Å². The summed E-state index contributed by atoms with van der Waals surface area (Å²) in [7, 11) is 1.61. The molecular weight excluding hydrogens is 302 g/mol. The van der Waals surface area contributed by atoms with Gasteiger partial charge in [0, 0.05) is 5.69 Å². The molecule has 0 saturated carbocycles. The van der Waals surface area contributed by atoms with Gasteiger partial charge in [-0.15, -0.1) is 0 Å². The molecule has 24 heavy (non-hydrogen) atoms. The van der Waals surface area contributed by atoms with Crippen molar-refractivity contribution in [1.82, 2.24) is 0 Å². The minimum absolute atomic E-state index is 0.174. The zero-order chi connectivity index (χ0) is 17.4. The molecule has 2 aromatic rings. The van der Waals surface area contributed by atoms with Crippen molar-refractivity contribution in [1.29, 1.82) is 0 Å². The van der Waals surface area contributed by atoms with Crippen LogP contribution in [0.4, 0.5) is 5.69 Å². The summed E-state index contributed by atoms with van der Waals surface area (Å²) in [5.74, 6) is 1.21. The maximum Gasteiger partial charge on any atom is 0.265 e. The monoisotopic (exact) mass is 327 g/mol. The summed E-state index contributed by atoms with van der Waals surface area (Å²) in [6.07, 6.45) is 2.84. The fourth-order valence-electron chi connectivity index (χ4n) is 2.29. The van der Waals surface area contributed by atoms with Gasteiger partial charge in [-0.2, -0.15) is 0 Å². The molecule has 1 atom stereocenters. The first kappa shape index (κ1) is 17.9. The van der Waals surface area contributed by atoms with Crippen molar-refractivity contribution in [2.75, 3.05) is 12.4 Å². The molecule has 0 aromatic heterocycles. The van der Waals surface area contributed by atoms with Crippen LogP contribution in [0.25, 0.3) is 0 Å². The summed E-state index contributed by atoms with van der Waals surface area (Å²) in [5.41, 5.74) is 2.07. The highest BCUT2D eigenvalue weighted by Crippen LogP contribution is 2.19. The zero-order valence-electron chi connectivity index (χ0n) is 14.5. The Morgan fingerprint density at radius 3 is 2.25 bits per heavy atom. The van der Waals surface area contributed by atoms with Gasteiger partial charge in [0.1, 0.15) is 11.5 Å². The van der Waals surface area contributed by atoms with Crippen molar-refractivity contribution in [2.24, 2.45) is 0 Å². The number of ether oxygens (including phenoxy) is 2. The molecular formula is C20H25NO3. The van der Waals surface area contributed by atoms with Gasteiger partial charge < -0.3 is 14.8 Å². The molecule has 0 fully saturated rings. The van der Waals surface area contributed by atoms with Crippen LogP contribution in [0.15, 0.2) is 48.5 Å². The quantitative estimate of drug-likeness (QED) is 0.779. The van der Waals surface area contributed by atoms with Gasteiger partial charge in [0.05, 0.1) is 7.11 Å². The Kier molecular flexibility index (Phi) is 6.67. The van der Waals surface area contributed by atoms with Crippen LogP contribution in [0.2, 0.25) is 0 Å². The van der Waals surface area contributed by atoms with Gasteiger partial charge in [-0.25, -0.2) is 0 Å². The van der Waals surface area contributed by atoms with E-state index < -0.39 is 6.10 Å². The van der Waals surface area contributed by atoms with Gasteiger partial charge in [0.15, 0.2) is 6.10 Å². The molecule has 1 amide bonds. The van der Waals surface area contributed by atoms with E-state index in [-0.39, 0.29) is 5.91 Å². The zero-order valence-corrected chi connectivity index (χ0v) is 14.5. The number of hydrogen-bond acceptors (Lipinski definition) is 3. The first-order chi connectivity index (χ1) is 11.6. The van der Waals surface area contributed by atoms with E-state index in [4.69, 9.17) is 9.47 Å². The lowest BCUT2D eigenvalue weighted by atomic mass is 10.1. The van der Waals surface area contributed by atoms with Crippen LogP contribution < -0.4 is 14.8 Å². The average molecular weight is 327 g/mol. The van der Waals surface area contributed by atoms with E-state index in [9.17, 15) is 4.79 Å². The molecule has 128 valence electrons. The fraction of sp³-hybridized carbons (Fsp3) is 0.350. The lowest BCUT2D eigenvalue weighted by molar-refractivity contribution is -0.122. The molecule has 0 heterocycles. The number of aryl methyl sites for hydroxylation is 1. The van der Waals surface area contributed by atoms with Gasteiger partial charge in [-0.1, -0.05) is 25.5 Å². The largest absolute Gasteiger partial charge is 0.497 e. The molecule has 2 aromatic carbocycles. The third-order valence-electron chi connectivity index (χ3n) is 3.78. The van der Waals surface area contributed by atoms with Gasteiger partial charge in [-0.05, 0) is 61.7 Å². The Labute approximate surface area is 143 Å². The number of amides is 1. The summed E-state index contributed by atoms with van der Waals surface area (Å²) in [6, 6.07) is 15.1. The molecule has 2 rings (SSSR count). The number of hydrogen-bond donors (Lipinski definition) is 1. The maximum absolute atomic E-state index is 12.2. The molecule has 0 spiro atoms. The highest BCUT2D eigenvalue weighted by molar-refractivity contribution is 5.94. The number of benzene rings is 2. The maximum atomic E-state index is 12.2. The number of anilines is 1. The van der Waals surface area contributed by atoms with Crippen LogP contribution >= 0.6 is 0 Å². The number of unbranched alkanes of at least 4 members (excludes halogenated alkanes) is 1. The summed E-state index contributed by atoms with van der Waals surface area (Å²) in [5, 5.41) is 2.88. The normalized spacial score (nSPS) is 11.6. The van der Waals surface area contributed by atoms with E-state index in [1.54, 1.807) is 38.3 Å². The van der Waals surface area contributed by atoms with Crippen LogP contribution in [-0.4, -0.2) is 19.1 Å². The highest BCUT2D eigenvalue weighted by Gasteiger charge is 2.14. The number of methoxy groups -OCH3 is 1. The predicted molar refractivity (Wildman–Crippen MR) is 96.8 cm³/mol. The summed E-state index contributed by atoms with van der Waals surface area (Å²) >= 11 is 0. The molecule has 4 nitrogen and oxygen atoms in total. The SMILES string of the molecule is CCCCc1ccc(NC(=O)[C@H](C)Oc2ccc(OC)cc2)cc1. The van der Waals surface area contributed by atoms with E-state index in [0.717, 1.165) is 17.9 Å². The van der Waals surface area contributed by atoms with Gasteiger partial charge >= 0.3 is 0 Å². The molecule has 0 unspecified atom stereocenters. The Balaban J connectivity index is 1.88. The van der Waals surface area contributed by atoms with Crippen molar-refractivity contribution in [3.63, 3.8) is 0 Å². The average Bonchev–Trinajstić information content (AvgIpc) is 2.61. The Morgan fingerprint density at radius 1 is 1.04 bits per heavy atom. The van der Waals surface area contributed by atoms with Crippen molar-refractivity contribution in [3.8, 4) is 11.5 Å². The summed E-state index contributed by atoms with van der Waals surface area (Å²) < 4.78 is 10.8. The summed E-state index contributed by atoms with van der Waals surface area (Å²) in [4.78, 5) is 12.2. The van der Waals surface area contributed by atoms with Crippen molar-refractivity contribution in [2.45, 2.75) is 39.2 Å². The minimum Gasteiger partial charge on any atom is -0.497 e. The third-order valence-corrected chi connectivity index (χ3v) is 3.78. The van der Waals surface area contributed by atoms with Crippen LogP contribution in [-0.2, 0) is 11.2 Å². The molecule has 0 radical (unpaired) electrons. The van der Waals surface area contributed by atoms with Gasteiger partial charge in [-0.3, -0.25) is 4.79 Å². The second-order valence-corrected chi connectivity index (χ2v) is 5.73. The van der Waals surface area contributed by atoms with E-state index in [1.165, 1.54) is 18.4 Å². The predicted octanol–water partition coefficient (Wildman–Crippen LogP) is 4.44. The van der Waals surface area contributed by atoms with Crippen molar-refractivity contribution < 1.29 is 14.3 Å². The first-order valence-corrected chi connectivity index (χ1v) is 8.33. The molecule has 4 heteroatoms. The Bertz CT molecular complexity index is 635. The van der Waals surface area contributed by atoms with Crippen LogP contribution in [0, 0.1) is 0 Å². The molecule has 0 saturated heterocycles. The van der Waals surface area contributed by atoms with Crippen molar-refractivity contribution in [3.05, 3.63) is 54.1 Å². The molecule has 0 aliphatic heterocycles. The van der Waals surface area contributed by atoms with Crippen LogP contribution in [0.3, 0.4) is 0 Å². The fourth-order valence-corrected chi connectivity index (χ4v) is 2.29. The second-order valence-electron chi connectivity index (χ2n) is 5.73. The topological polar surface area (TPSA) is 47.6 Å². The van der Waals surface area contributed by atoms with Crippen molar-refractivity contribution >= 4 is 11.6 Å². The number of rotatable bonds is 8. The van der Waals surface area contributed by atoms with Crippen LogP contribution in [0.1, 0.15) is 32.3 Å². The summed E-state index contributed by atoms with van der Waals surface area (Å²) in [6.45, 7) is 3.91. The second kappa shape index (κ2) is 8.96. The molecule has 1 N–H and O–H groups in total. The smallest absolute Gasteiger partial charge is 0.265 e. The van der Waals surface area contributed by atoms with Gasteiger partial charge in [0.2, 0.25) is 0 Å². The number of nitrogens with one attached hydrogen (secondary N) is 1. The number of carbonyl (C=O) groups is 1. The third kappa shape index (κ3) is 5.30. The lowest BCUT2D eigenvalue weighted by Gasteiger charge is -2.15. The first-order valence-electron chi connectivity index (χ1n) is 8.33. The molecule has 0 aliphatic carbocycles. The molecule has 0 aliphatic rings. The van der Waals surface area contributed by atoms with E-state index in [0.29, 0.717) is 5.75 Å². The molecule has 0 bridgehead atoms.